The fourth-order valence-electron chi connectivity index (χ4n) is 2.22. The molecule has 0 bridgehead atoms. The van der Waals surface area contributed by atoms with Gasteiger partial charge in [-0.25, -0.2) is 4.79 Å². The molecule has 1 aromatic heterocycles. The van der Waals surface area contributed by atoms with E-state index in [1.807, 2.05) is 18.2 Å². The summed E-state index contributed by atoms with van der Waals surface area (Å²) in [5, 5.41) is 9.64. The molecule has 0 saturated carbocycles. The minimum Gasteiger partial charge on any atom is -0.481 e. The van der Waals surface area contributed by atoms with Gasteiger partial charge >= 0.3 is 11.6 Å². The molecule has 0 radical (unpaired) electrons. The van der Waals surface area contributed by atoms with Gasteiger partial charge in [-0.3, -0.25) is 4.79 Å². The number of carboxylic acid groups (broad SMARTS) is 1. The molecule has 0 aliphatic rings. The molecule has 2 rings (SSSR count). The van der Waals surface area contributed by atoms with Crippen molar-refractivity contribution in [2.24, 2.45) is 0 Å². The van der Waals surface area contributed by atoms with Gasteiger partial charge in [0.15, 0.2) is 0 Å². The van der Waals surface area contributed by atoms with E-state index in [0.29, 0.717) is 11.1 Å². The molecule has 0 aliphatic heterocycles. The Labute approximate surface area is 117 Å². The van der Waals surface area contributed by atoms with Crippen molar-refractivity contribution in [3.05, 3.63) is 45.3 Å². The van der Waals surface area contributed by atoms with Crippen LogP contribution in [0.25, 0.3) is 11.0 Å². The van der Waals surface area contributed by atoms with E-state index >= 15 is 0 Å². The van der Waals surface area contributed by atoms with Crippen molar-refractivity contribution in [1.29, 1.82) is 0 Å². The maximum Gasteiger partial charge on any atom is 0.340 e. The first-order valence-corrected chi connectivity index (χ1v) is 6.49. The van der Waals surface area contributed by atoms with Crippen molar-refractivity contribution < 1.29 is 14.3 Å². The fraction of sp³-hybridized carbons (Fsp3) is 0.375. The van der Waals surface area contributed by atoms with Gasteiger partial charge in [-0.1, -0.05) is 32.9 Å². The molecule has 20 heavy (non-hydrogen) atoms. The molecule has 0 saturated heterocycles. The third-order valence-electron chi connectivity index (χ3n) is 3.48. The Morgan fingerprint density at radius 1 is 1.30 bits per heavy atom. The molecule has 4 nitrogen and oxygen atoms in total. The van der Waals surface area contributed by atoms with Gasteiger partial charge < -0.3 is 9.52 Å². The smallest absolute Gasteiger partial charge is 0.340 e. The molecule has 0 aliphatic carbocycles. The molecule has 0 fully saturated rings. The number of hydrogen-bond acceptors (Lipinski definition) is 3. The first kappa shape index (κ1) is 14.3. The zero-order valence-corrected chi connectivity index (χ0v) is 12.1. The largest absolute Gasteiger partial charge is 0.481 e. The van der Waals surface area contributed by atoms with Crippen molar-refractivity contribution in [2.75, 3.05) is 0 Å². The minimum absolute atomic E-state index is 0.0413. The van der Waals surface area contributed by atoms with E-state index < -0.39 is 11.6 Å². The van der Waals surface area contributed by atoms with Crippen LogP contribution in [0.15, 0.2) is 27.4 Å². The van der Waals surface area contributed by atoms with Gasteiger partial charge in [0.2, 0.25) is 0 Å². The van der Waals surface area contributed by atoms with Gasteiger partial charge in [-0.2, -0.15) is 0 Å². The lowest BCUT2D eigenvalue weighted by Gasteiger charge is -2.19. The predicted octanol–water partition coefficient (Wildman–Crippen LogP) is 3.03. The number of benzene rings is 1. The molecular formula is C16H18O4. The molecule has 0 spiro atoms. The van der Waals surface area contributed by atoms with Gasteiger partial charge in [0.25, 0.3) is 0 Å². The van der Waals surface area contributed by atoms with E-state index in [4.69, 9.17) is 9.52 Å². The van der Waals surface area contributed by atoms with E-state index in [1.54, 1.807) is 6.92 Å². The van der Waals surface area contributed by atoms with Gasteiger partial charge in [0.05, 0.1) is 12.0 Å². The number of hydrogen-bond donors (Lipinski definition) is 1. The normalized spacial score (nSPS) is 11.8. The van der Waals surface area contributed by atoms with Crippen molar-refractivity contribution >= 4 is 16.9 Å². The highest BCUT2D eigenvalue weighted by atomic mass is 16.4. The molecule has 0 atom stereocenters. The first-order valence-electron chi connectivity index (χ1n) is 6.49. The Hall–Kier alpha value is -2.10. The maximum absolute atomic E-state index is 11.9. The third kappa shape index (κ3) is 2.59. The summed E-state index contributed by atoms with van der Waals surface area (Å²) in [6, 6.07) is 5.73. The van der Waals surface area contributed by atoms with E-state index in [0.717, 1.165) is 10.9 Å². The molecule has 0 amide bonds. The maximum atomic E-state index is 11.9. The number of fused-ring (bicyclic) bond motifs is 1. The number of carbonyl (C=O) groups is 1. The molecule has 1 N–H and O–H groups in total. The lowest BCUT2D eigenvalue weighted by atomic mass is 9.86. The highest BCUT2D eigenvalue weighted by Crippen LogP contribution is 2.27. The summed E-state index contributed by atoms with van der Waals surface area (Å²) < 4.78 is 5.29. The molecule has 2 aromatic rings. The van der Waals surface area contributed by atoms with Crippen LogP contribution < -0.4 is 5.63 Å². The van der Waals surface area contributed by atoms with Crippen LogP contribution >= 0.6 is 0 Å². The van der Waals surface area contributed by atoms with Gasteiger partial charge in [0.1, 0.15) is 5.58 Å². The Balaban J connectivity index is 2.70. The second-order valence-electron chi connectivity index (χ2n) is 6.02. The number of aryl methyl sites for hydroxylation is 1. The van der Waals surface area contributed by atoms with Crippen LogP contribution in [-0.2, 0) is 16.6 Å². The highest BCUT2D eigenvalue weighted by Gasteiger charge is 2.18. The van der Waals surface area contributed by atoms with Crippen LogP contribution in [0, 0.1) is 6.92 Å². The zero-order valence-electron chi connectivity index (χ0n) is 12.1. The first-order chi connectivity index (χ1) is 9.20. The Morgan fingerprint density at radius 2 is 1.95 bits per heavy atom. The molecule has 1 heterocycles. The molecule has 1 aromatic carbocycles. The van der Waals surface area contributed by atoms with Crippen molar-refractivity contribution in [1.82, 2.24) is 0 Å². The summed E-state index contributed by atoms with van der Waals surface area (Å²) in [5.41, 5.74) is 1.86. The van der Waals surface area contributed by atoms with Gasteiger partial charge in [0, 0.05) is 5.39 Å². The van der Waals surface area contributed by atoms with Crippen LogP contribution in [-0.4, -0.2) is 11.1 Å². The van der Waals surface area contributed by atoms with Crippen LogP contribution in [0.4, 0.5) is 0 Å². The van der Waals surface area contributed by atoms with E-state index in [9.17, 15) is 9.59 Å². The summed E-state index contributed by atoms with van der Waals surface area (Å²) in [4.78, 5) is 22.7. The second kappa shape index (κ2) is 4.78. The van der Waals surface area contributed by atoms with Gasteiger partial charge in [-0.05, 0) is 29.5 Å². The summed E-state index contributed by atoms with van der Waals surface area (Å²) >= 11 is 0. The lowest BCUT2D eigenvalue weighted by Crippen LogP contribution is -2.15. The monoisotopic (exact) mass is 274 g/mol. The van der Waals surface area contributed by atoms with Crippen molar-refractivity contribution in [2.45, 2.75) is 39.5 Å². The standard InChI is InChI=1S/C16H18O4/c1-9-11-6-5-10(16(2,3)4)7-13(11)20-15(19)12(9)8-14(17)18/h5-7H,8H2,1-4H3,(H,17,18). The van der Waals surface area contributed by atoms with Crippen LogP contribution in [0.3, 0.4) is 0 Å². The van der Waals surface area contributed by atoms with Crippen molar-refractivity contribution in [3.8, 4) is 0 Å². The fourth-order valence-corrected chi connectivity index (χ4v) is 2.22. The number of rotatable bonds is 2. The highest BCUT2D eigenvalue weighted by molar-refractivity contribution is 5.83. The quantitative estimate of drug-likeness (QED) is 0.855. The second-order valence-corrected chi connectivity index (χ2v) is 6.02. The molecule has 0 unspecified atom stereocenters. The van der Waals surface area contributed by atoms with Crippen LogP contribution in [0.1, 0.15) is 37.5 Å². The van der Waals surface area contributed by atoms with E-state index in [-0.39, 0.29) is 17.4 Å². The summed E-state index contributed by atoms with van der Waals surface area (Å²) in [6.45, 7) is 8.00. The predicted molar refractivity (Wildman–Crippen MR) is 77.3 cm³/mol. The minimum atomic E-state index is -1.04. The molecular weight excluding hydrogens is 256 g/mol. The Bertz CT molecular complexity index is 732. The average molecular weight is 274 g/mol. The van der Waals surface area contributed by atoms with E-state index in [1.165, 1.54) is 0 Å². The number of carboxylic acids is 1. The average Bonchev–Trinajstić information content (AvgIpc) is 2.32. The van der Waals surface area contributed by atoms with Crippen LogP contribution in [0.5, 0.6) is 0 Å². The molecule has 106 valence electrons. The summed E-state index contributed by atoms with van der Waals surface area (Å²) in [6.07, 6.45) is -0.314. The lowest BCUT2D eigenvalue weighted by molar-refractivity contribution is -0.136. The number of aliphatic carboxylic acids is 1. The zero-order chi connectivity index (χ0) is 15.1. The van der Waals surface area contributed by atoms with Crippen molar-refractivity contribution in [3.63, 3.8) is 0 Å². The SMILES string of the molecule is Cc1c(CC(=O)O)c(=O)oc2cc(C(C)(C)C)ccc12. The van der Waals surface area contributed by atoms with E-state index in [2.05, 4.69) is 20.8 Å². The van der Waals surface area contributed by atoms with Gasteiger partial charge in [-0.15, -0.1) is 0 Å². The summed E-state index contributed by atoms with van der Waals surface area (Å²) in [5.74, 6) is -1.04. The third-order valence-corrected chi connectivity index (χ3v) is 3.48. The Kier molecular flexibility index (Phi) is 3.42. The topological polar surface area (TPSA) is 67.5 Å². The molecule has 4 heteroatoms. The Morgan fingerprint density at radius 3 is 2.50 bits per heavy atom. The summed E-state index contributed by atoms with van der Waals surface area (Å²) in [7, 11) is 0. The van der Waals surface area contributed by atoms with Crippen LogP contribution in [0.2, 0.25) is 0 Å².